The Morgan fingerprint density at radius 1 is 1.17 bits per heavy atom. The number of aryl methyl sites for hydroxylation is 1. The molecule has 3 rings (SSSR count). The summed E-state index contributed by atoms with van der Waals surface area (Å²) in [6.07, 6.45) is 0.832. The van der Waals surface area contributed by atoms with Gasteiger partial charge in [0.25, 0.3) is 5.56 Å². The van der Waals surface area contributed by atoms with E-state index in [1.54, 1.807) is 10.6 Å². The van der Waals surface area contributed by atoms with Crippen LogP contribution in [0.25, 0.3) is 16.6 Å². The van der Waals surface area contributed by atoms with Crippen LogP contribution in [0.5, 0.6) is 0 Å². The van der Waals surface area contributed by atoms with Crippen LogP contribution in [0.3, 0.4) is 0 Å². The molecule has 1 heterocycles. The predicted octanol–water partition coefficient (Wildman–Crippen LogP) is 4.48. The van der Waals surface area contributed by atoms with E-state index in [2.05, 4.69) is 5.32 Å². The molecule has 0 fully saturated rings. The van der Waals surface area contributed by atoms with Crippen molar-refractivity contribution in [1.29, 1.82) is 0 Å². The van der Waals surface area contributed by atoms with Gasteiger partial charge in [0, 0.05) is 5.54 Å². The molecule has 1 unspecified atom stereocenters. The minimum Gasteiger partial charge on any atom is -0.350 e. The van der Waals surface area contributed by atoms with Gasteiger partial charge in [-0.05, 0) is 57.9 Å². The number of nitrogens with one attached hydrogen (secondary N) is 1. The Kier molecular flexibility index (Phi) is 6.13. The van der Waals surface area contributed by atoms with Crippen LogP contribution in [0.15, 0.2) is 58.5 Å². The number of hydrogen-bond acceptors (Lipinski definition) is 4. The molecule has 0 aliphatic heterocycles. The third-order valence-corrected chi connectivity index (χ3v) is 6.15. The number of amides is 1. The van der Waals surface area contributed by atoms with E-state index < -0.39 is 5.25 Å². The molecule has 29 heavy (non-hydrogen) atoms. The van der Waals surface area contributed by atoms with Crippen molar-refractivity contribution in [3.8, 4) is 5.69 Å². The Bertz CT molecular complexity index is 1100. The van der Waals surface area contributed by atoms with Crippen LogP contribution in [-0.4, -0.2) is 26.2 Å². The van der Waals surface area contributed by atoms with E-state index >= 15 is 0 Å². The van der Waals surface area contributed by atoms with Crippen LogP contribution < -0.4 is 10.9 Å². The summed E-state index contributed by atoms with van der Waals surface area (Å²) in [5.74, 6) is -0.0689. The molecule has 0 saturated carbocycles. The lowest BCUT2D eigenvalue weighted by Crippen LogP contribution is -2.46. The zero-order valence-electron chi connectivity index (χ0n) is 17.5. The van der Waals surface area contributed by atoms with E-state index in [1.165, 1.54) is 11.8 Å². The molecule has 3 aromatic rings. The van der Waals surface area contributed by atoms with Crippen molar-refractivity contribution >= 4 is 28.6 Å². The number of carbonyl (C=O) groups is 1. The second-order valence-corrected chi connectivity index (χ2v) is 9.13. The van der Waals surface area contributed by atoms with E-state index in [0.29, 0.717) is 16.1 Å². The molecule has 2 aromatic carbocycles. The molecule has 0 aliphatic rings. The van der Waals surface area contributed by atoms with E-state index in [0.717, 1.165) is 17.7 Å². The summed E-state index contributed by atoms with van der Waals surface area (Å²) >= 11 is 1.30. The normalized spacial score (nSPS) is 12.7. The van der Waals surface area contributed by atoms with Crippen LogP contribution in [-0.2, 0) is 4.79 Å². The molecule has 1 atom stereocenters. The van der Waals surface area contributed by atoms with Crippen LogP contribution >= 0.6 is 11.8 Å². The highest BCUT2D eigenvalue weighted by Gasteiger charge is 2.25. The largest absolute Gasteiger partial charge is 0.350 e. The highest BCUT2D eigenvalue weighted by atomic mass is 32.2. The minimum atomic E-state index is -0.399. The summed E-state index contributed by atoms with van der Waals surface area (Å²) < 4.78 is 1.62. The summed E-state index contributed by atoms with van der Waals surface area (Å²) in [5, 5.41) is 3.75. The molecule has 6 heteroatoms. The Labute approximate surface area is 175 Å². The summed E-state index contributed by atoms with van der Waals surface area (Å²) in [6.45, 7) is 9.85. The van der Waals surface area contributed by atoms with Gasteiger partial charge >= 0.3 is 0 Å². The molecule has 0 spiro atoms. The molecular weight excluding hydrogens is 382 g/mol. The first-order valence-corrected chi connectivity index (χ1v) is 10.7. The number of para-hydroxylation sites is 2. The minimum absolute atomic E-state index is 0.0689. The predicted molar refractivity (Wildman–Crippen MR) is 120 cm³/mol. The molecule has 1 aromatic heterocycles. The van der Waals surface area contributed by atoms with Crippen LogP contribution in [0.4, 0.5) is 0 Å². The molecule has 5 nitrogen and oxygen atoms in total. The summed E-state index contributed by atoms with van der Waals surface area (Å²) in [5.41, 5.74) is 1.97. The molecule has 152 valence electrons. The fourth-order valence-corrected chi connectivity index (χ4v) is 3.87. The topological polar surface area (TPSA) is 64.0 Å². The lowest BCUT2D eigenvalue weighted by Gasteiger charge is -2.26. The number of benzene rings is 2. The number of nitrogens with zero attached hydrogens (tertiary/aromatic N) is 2. The molecule has 0 radical (unpaired) electrons. The van der Waals surface area contributed by atoms with Crippen molar-refractivity contribution < 1.29 is 4.79 Å². The Hall–Kier alpha value is -2.60. The number of aromatic nitrogens is 2. The number of rotatable bonds is 6. The standard InChI is InChI=1S/C23H27N3O2S/c1-6-23(4,5)25-20(27)16(3)29-22-24-18-13-9-8-12-17(18)21(28)26(22)19-14-10-7-11-15(19)2/h7-14,16H,6H2,1-5H3,(H,25,27). The first-order valence-electron chi connectivity index (χ1n) is 9.80. The van der Waals surface area contributed by atoms with Gasteiger partial charge in [0.05, 0.1) is 21.8 Å². The average molecular weight is 410 g/mol. The Balaban J connectivity index is 2.09. The summed E-state index contributed by atoms with van der Waals surface area (Å²) in [7, 11) is 0. The maximum absolute atomic E-state index is 13.3. The molecule has 1 N–H and O–H groups in total. The van der Waals surface area contributed by atoms with Gasteiger partial charge in [-0.25, -0.2) is 4.98 Å². The van der Waals surface area contributed by atoms with Crippen molar-refractivity contribution in [2.24, 2.45) is 0 Å². The summed E-state index contributed by atoms with van der Waals surface area (Å²) in [4.78, 5) is 30.8. The lowest BCUT2D eigenvalue weighted by molar-refractivity contribution is -0.121. The third kappa shape index (κ3) is 4.53. The molecule has 1 amide bonds. The maximum atomic E-state index is 13.3. The second kappa shape index (κ2) is 8.41. The fourth-order valence-electron chi connectivity index (χ4n) is 2.95. The zero-order chi connectivity index (χ0) is 21.2. The van der Waals surface area contributed by atoms with Gasteiger partial charge in [0.1, 0.15) is 0 Å². The quantitative estimate of drug-likeness (QED) is 0.482. The molecule has 0 bridgehead atoms. The monoisotopic (exact) mass is 409 g/mol. The zero-order valence-corrected chi connectivity index (χ0v) is 18.3. The number of carbonyl (C=O) groups excluding carboxylic acids is 1. The Morgan fingerprint density at radius 2 is 1.83 bits per heavy atom. The third-order valence-electron chi connectivity index (χ3n) is 5.10. The average Bonchev–Trinajstić information content (AvgIpc) is 2.69. The number of thioether (sulfide) groups is 1. The van der Waals surface area contributed by atoms with E-state index in [1.807, 2.05) is 77.1 Å². The van der Waals surface area contributed by atoms with Crippen molar-refractivity contribution in [2.75, 3.05) is 0 Å². The van der Waals surface area contributed by atoms with Gasteiger partial charge in [0.2, 0.25) is 5.91 Å². The lowest BCUT2D eigenvalue weighted by atomic mass is 10.0. The summed E-state index contributed by atoms with van der Waals surface area (Å²) in [6, 6.07) is 15.0. The van der Waals surface area contributed by atoms with Crippen LogP contribution in [0, 0.1) is 6.92 Å². The van der Waals surface area contributed by atoms with Crippen LogP contribution in [0.1, 0.15) is 39.7 Å². The van der Waals surface area contributed by atoms with Gasteiger partial charge in [-0.15, -0.1) is 0 Å². The van der Waals surface area contributed by atoms with E-state index in [9.17, 15) is 9.59 Å². The van der Waals surface area contributed by atoms with Crippen molar-refractivity contribution in [2.45, 2.75) is 57.0 Å². The van der Waals surface area contributed by atoms with Gasteiger partial charge in [-0.2, -0.15) is 0 Å². The molecular formula is C23H27N3O2S. The molecule has 0 saturated heterocycles. The van der Waals surface area contributed by atoms with Crippen molar-refractivity contribution in [3.63, 3.8) is 0 Å². The van der Waals surface area contributed by atoms with Gasteiger partial charge in [0.15, 0.2) is 5.16 Å². The van der Waals surface area contributed by atoms with Crippen molar-refractivity contribution in [1.82, 2.24) is 14.9 Å². The number of fused-ring (bicyclic) bond motifs is 1. The number of hydrogen-bond donors (Lipinski definition) is 1. The second-order valence-electron chi connectivity index (χ2n) is 7.83. The van der Waals surface area contributed by atoms with E-state index in [4.69, 9.17) is 4.98 Å². The van der Waals surface area contributed by atoms with Crippen LogP contribution in [0.2, 0.25) is 0 Å². The first-order chi connectivity index (χ1) is 13.7. The fraction of sp³-hybridized carbons (Fsp3) is 0.348. The smallest absolute Gasteiger partial charge is 0.266 e. The SMILES string of the molecule is CCC(C)(C)NC(=O)C(C)Sc1nc2ccccc2c(=O)n1-c1ccccc1C. The van der Waals surface area contributed by atoms with Gasteiger partial charge in [-0.1, -0.05) is 49.0 Å². The highest BCUT2D eigenvalue weighted by Crippen LogP contribution is 2.26. The molecule has 0 aliphatic carbocycles. The maximum Gasteiger partial charge on any atom is 0.266 e. The first kappa shape index (κ1) is 21.1. The highest BCUT2D eigenvalue weighted by molar-refractivity contribution is 8.00. The van der Waals surface area contributed by atoms with E-state index in [-0.39, 0.29) is 17.0 Å². The Morgan fingerprint density at radius 3 is 2.52 bits per heavy atom. The van der Waals surface area contributed by atoms with Gasteiger partial charge < -0.3 is 5.32 Å². The van der Waals surface area contributed by atoms with Crippen molar-refractivity contribution in [3.05, 3.63) is 64.4 Å². The van der Waals surface area contributed by atoms with Gasteiger partial charge in [-0.3, -0.25) is 14.2 Å².